The summed E-state index contributed by atoms with van der Waals surface area (Å²) in [4.78, 5) is 23.2. The molecule has 21 saturated heterocycles. The average molecular weight is 1330 g/mol. The Morgan fingerprint density at radius 1 is 0.330 bits per heavy atom. The Kier molecular flexibility index (Phi) is 26.0. The lowest BCUT2D eigenvalue weighted by molar-refractivity contribution is -0.395. The van der Waals surface area contributed by atoms with Crippen LogP contribution in [0.2, 0.25) is 0 Å². The fourth-order valence-electron chi connectivity index (χ4n) is 11.1. The van der Waals surface area contributed by atoms with Crippen LogP contribution in [0, 0.1) is 0 Å². The third kappa shape index (κ3) is 15.8. The molecule has 0 aliphatic carbocycles. The molecule has 14 bridgehead atoms. The van der Waals surface area contributed by atoms with Crippen molar-refractivity contribution in [3.8, 4) is 0 Å². The molecule has 36 atom stereocenters. The number of hydrogen-bond acceptors (Lipinski definition) is 38. The van der Waals surface area contributed by atoms with Crippen LogP contribution in [0.3, 0.4) is 0 Å². The lowest BCUT2D eigenvalue weighted by atomic mass is 9.95. The number of ether oxygens (including phenoxy) is 14. The van der Waals surface area contributed by atoms with Crippen molar-refractivity contribution in [1.82, 2.24) is 0 Å². The van der Waals surface area contributed by atoms with Gasteiger partial charge in [0.05, 0.1) is 51.3 Å². The minimum Gasteiger partial charge on any atom is -0.480 e. The molecule has 0 spiro atoms. The monoisotopic (exact) mass is 1320 g/mol. The van der Waals surface area contributed by atoms with Crippen molar-refractivity contribution in [1.29, 1.82) is 0 Å². The first-order valence-electron chi connectivity index (χ1n) is 27.9. The number of carbonyl (C=O) groups is 2. The summed E-state index contributed by atoms with van der Waals surface area (Å²) in [5, 5.41) is 221. The van der Waals surface area contributed by atoms with Gasteiger partial charge in [0.25, 0.3) is 0 Å². The molecule has 20 unspecified atom stereocenters. The third-order valence-corrected chi connectivity index (χ3v) is 18.4. The summed E-state index contributed by atoms with van der Waals surface area (Å²) in [6.07, 6.45) is -66.8. The van der Waals surface area contributed by atoms with Gasteiger partial charge in [0.1, 0.15) is 159 Å². The minimum absolute atomic E-state index is 0.276. The van der Waals surface area contributed by atoms with Crippen LogP contribution < -0.4 is 11.5 Å². The van der Waals surface area contributed by atoms with E-state index in [2.05, 4.69) is 0 Å². The molecule has 21 aliphatic rings. The molecule has 0 aromatic carbocycles. The first-order chi connectivity index (χ1) is 41.8. The summed E-state index contributed by atoms with van der Waals surface area (Å²) in [7, 11) is 0. The van der Waals surface area contributed by atoms with Gasteiger partial charge in [0.15, 0.2) is 44.0 Å². The molecule has 0 aromatic heterocycles. The number of aliphatic hydroxyl groups excluding tert-OH is 18. The Bertz CT molecular complexity index is 2190. The highest BCUT2D eigenvalue weighted by Crippen LogP contribution is 2.39. The number of aliphatic hydroxyl groups is 18. The quantitative estimate of drug-likeness (QED) is 0.0724. The van der Waals surface area contributed by atoms with Crippen molar-refractivity contribution in [2.75, 3.05) is 56.0 Å². The molecular formula is C48H80N2O36S2. The van der Waals surface area contributed by atoms with Crippen LogP contribution in [0.15, 0.2) is 0 Å². The Morgan fingerprint density at radius 2 is 0.557 bits per heavy atom. The molecule has 21 heterocycles. The zero-order valence-electron chi connectivity index (χ0n) is 46.3. The lowest BCUT2D eigenvalue weighted by Gasteiger charge is -2.50. The molecule has 38 nitrogen and oxygen atoms in total. The Balaban J connectivity index is 1.10. The van der Waals surface area contributed by atoms with E-state index in [9.17, 15) is 112 Å². The summed E-state index contributed by atoms with van der Waals surface area (Å²) in [5.41, 5.74) is 11.4. The highest BCUT2D eigenvalue weighted by Gasteiger charge is 2.59. The second kappa shape index (κ2) is 31.7. The number of nitrogens with two attached hydrogens (primary N) is 2. The number of rotatable bonds is 15. The second-order valence-corrected chi connectivity index (χ2v) is 24.3. The highest BCUT2D eigenvalue weighted by atomic mass is 32.2. The van der Waals surface area contributed by atoms with Gasteiger partial charge in [-0.2, -0.15) is 23.5 Å². The van der Waals surface area contributed by atoms with Crippen LogP contribution in [-0.2, 0) is 75.9 Å². The van der Waals surface area contributed by atoms with Crippen LogP contribution >= 0.6 is 23.5 Å². The van der Waals surface area contributed by atoms with Gasteiger partial charge < -0.3 is 180 Å². The lowest BCUT2D eigenvalue weighted by Crippen LogP contribution is -2.68. The SMILES string of the molecule is N[C@H](CSCC1O[C@@H]2O[C@H]3CC(O)[C@@H](OC3CO)O[C@@H]3C(CO)O[C@@H](O[C@@H]4C(CSC[C@@H](N)C(=O)O)O[C@@H](O[C@@H]5C(CO)O[C@H](O[C@@H]6C(CO)O[C@H](O[C@@H]7C(CO)O[C@@H](O[C@H]1C(O)C2O)C(O)C7O)C(O)C6O)C(O)C5O)C(O)C4O)C(O)C3O)C(=O)O. The van der Waals surface area contributed by atoms with Gasteiger partial charge >= 0.3 is 11.9 Å². The van der Waals surface area contributed by atoms with E-state index in [0.29, 0.717) is 0 Å². The summed E-state index contributed by atoms with van der Waals surface area (Å²) < 4.78 is 82.2. The van der Waals surface area contributed by atoms with Crippen LogP contribution in [0.5, 0.6) is 0 Å². The Hall–Kier alpha value is -1.72. The predicted molar refractivity (Wildman–Crippen MR) is 279 cm³/mol. The smallest absolute Gasteiger partial charge is 0.321 e. The summed E-state index contributed by atoms with van der Waals surface area (Å²) in [6.45, 7) is -5.14. The van der Waals surface area contributed by atoms with Crippen LogP contribution in [0.1, 0.15) is 6.42 Å². The normalized spacial score (nSPS) is 49.7. The number of carboxylic acid groups (broad SMARTS) is 2. The summed E-state index contributed by atoms with van der Waals surface area (Å²) >= 11 is 1.67. The predicted octanol–water partition coefficient (Wildman–Crippen LogP) is -13.9. The van der Waals surface area contributed by atoms with Crippen molar-refractivity contribution in [3.63, 3.8) is 0 Å². The zero-order chi connectivity index (χ0) is 64.3. The molecule has 510 valence electrons. The average Bonchev–Trinajstić information content (AvgIpc) is 1.18. The largest absolute Gasteiger partial charge is 0.480 e. The van der Waals surface area contributed by atoms with Crippen molar-refractivity contribution in [2.24, 2.45) is 11.5 Å². The molecule has 21 aliphatic heterocycles. The molecular weight excluding hydrogens is 1240 g/mol. The standard InChI is InChI=1S/C48H80N2O36S2/c49-11(40(69)70)7-87-9-20-38-26(61)28(63)43(79-20)73-14-1-13(56)42(74-15(14)2-51)81-34-16(3-52)75-46(29(64)22(34)57)86-39-21(10-88-8-12(50)41(71)72)80-48(33(68)27(39)62)84-37-19(6-55)77-45(31(66)24(37)59)82-35-17(4-53)76-44(30(65)23(35)58)83-36-18(5-54)78-47(85-38)32(67)25(36)60/h11-39,42-48,51-68H,1-10,49-50H2,(H,69,70)(H,71,72)/t11-,12-,13?,14+,15?,16?,17?,18?,19?,20?,21?,22?,23?,24?,25?,26?,27?,28?,29?,30?,31?,32?,33?,34-,35-,36-,37-,38-,39-,42+,43+,44-,45-,46+,47+,48+/m1/s1. The fourth-order valence-corrected chi connectivity index (χ4v) is 13.2. The molecule has 21 rings (SSSR count). The van der Waals surface area contributed by atoms with Crippen LogP contribution in [-0.4, -0.2) is 391 Å². The molecule has 0 amide bonds. The van der Waals surface area contributed by atoms with Crippen LogP contribution in [0.4, 0.5) is 0 Å². The summed E-state index contributed by atoms with van der Waals surface area (Å²) in [6, 6.07) is -2.88. The minimum atomic E-state index is -2.24. The zero-order valence-corrected chi connectivity index (χ0v) is 47.9. The molecule has 40 heteroatoms. The van der Waals surface area contributed by atoms with Gasteiger partial charge in [-0.3, -0.25) is 9.59 Å². The summed E-state index contributed by atoms with van der Waals surface area (Å²) in [5.74, 6) is -4.07. The van der Waals surface area contributed by atoms with E-state index in [1.807, 2.05) is 0 Å². The highest BCUT2D eigenvalue weighted by molar-refractivity contribution is 7.99. The number of hydrogen-bond donors (Lipinski definition) is 22. The van der Waals surface area contributed by atoms with E-state index in [4.69, 9.17) is 77.8 Å². The van der Waals surface area contributed by atoms with E-state index < -0.39 is 272 Å². The molecule has 0 saturated carbocycles. The second-order valence-electron chi connectivity index (χ2n) is 22.1. The Morgan fingerprint density at radius 3 is 0.818 bits per heavy atom. The molecule has 0 radical (unpaired) electrons. The van der Waals surface area contributed by atoms with Crippen molar-refractivity contribution < 1.29 is 178 Å². The van der Waals surface area contributed by atoms with E-state index in [1.165, 1.54) is 0 Å². The van der Waals surface area contributed by atoms with Gasteiger partial charge in [0.2, 0.25) is 0 Å². The van der Waals surface area contributed by atoms with Crippen molar-refractivity contribution in [3.05, 3.63) is 0 Å². The van der Waals surface area contributed by atoms with Gasteiger partial charge in [-0.05, 0) is 0 Å². The maximum Gasteiger partial charge on any atom is 0.321 e. The first-order valence-corrected chi connectivity index (χ1v) is 30.3. The van der Waals surface area contributed by atoms with E-state index in [1.54, 1.807) is 0 Å². The van der Waals surface area contributed by atoms with Crippen molar-refractivity contribution in [2.45, 2.75) is 227 Å². The van der Waals surface area contributed by atoms with Crippen LogP contribution in [0.25, 0.3) is 0 Å². The fraction of sp³-hybridized carbons (Fsp3) is 0.958. The Labute approximate surface area is 507 Å². The first kappa shape index (κ1) is 72.1. The van der Waals surface area contributed by atoms with Gasteiger partial charge in [-0.15, -0.1) is 0 Å². The maximum absolute atomic E-state index is 11.7. The third-order valence-electron chi connectivity index (χ3n) is 16.1. The molecule has 24 N–H and O–H groups in total. The molecule has 88 heavy (non-hydrogen) atoms. The maximum atomic E-state index is 11.7. The number of aliphatic carboxylic acids is 2. The van der Waals surface area contributed by atoms with Gasteiger partial charge in [0, 0.05) is 29.4 Å². The van der Waals surface area contributed by atoms with Crippen molar-refractivity contribution >= 4 is 35.5 Å². The van der Waals surface area contributed by atoms with Gasteiger partial charge in [-0.25, -0.2) is 0 Å². The number of carboxylic acids is 2. The van der Waals surface area contributed by atoms with E-state index in [0.717, 1.165) is 23.5 Å². The van der Waals surface area contributed by atoms with Gasteiger partial charge in [-0.1, -0.05) is 0 Å². The molecule has 21 fully saturated rings. The molecule has 0 aromatic rings. The topological polar surface area (TPSA) is 620 Å². The number of thioether (sulfide) groups is 2. The van der Waals surface area contributed by atoms with E-state index >= 15 is 0 Å². The van der Waals surface area contributed by atoms with E-state index in [-0.39, 0.29) is 23.0 Å².